The first-order valence-corrected chi connectivity index (χ1v) is 2.76. The van der Waals surface area contributed by atoms with Gasteiger partial charge in [0.2, 0.25) is 0 Å². The summed E-state index contributed by atoms with van der Waals surface area (Å²) < 4.78 is 0. The molecule has 40 valence electrons. The minimum Gasteiger partial charge on any atom is -0.313 e. The quantitative estimate of drug-likeness (QED) is 0.508. The van der Waals surface area contributed by atoms with E-state index in [0.717, 1.165) is 6.42 Å². The smallest absolute Gasteiger partial charge is 0.00423 e. The molecule has 0 spiro atoms. The highest BCUT2D eigenvalue weighted by Crippen LogP contribution is 2.47. The van der Waals surface area contributed by atoms with E-state index in [1.165, 1.54) is 19.1 Å². The second-order valence-electron chi connectivity index (χ2n) is 2.72. The van der Waals surface area contributed by atoms with Crippen LogP contribution in [0.3, 0.4) is 0 Å². The van der Waals surface area contributed by atoms with Crippen molar-refractivity contribution in [3.05, 3.63) is 0 Å². The standard InChI is InChI=1S/C6H11N/c1-6(2-3-6)4-5-7/h5,7H,2-4H2,1H3. The fourth-order valence-electron chi connectivity index (χ4n) is 0.664. The maximum Gasteiger partial charge on any atom is -0.00423 e. The van der Waals surface area contributed by atoms with E-state index in [1.807, 2.05) is 0 Å². The van der Waals surface area contributed by atoms with Crippen molar-refractivity contribution in [1.82, 2.24) is 0 Å². The molecule has 0 aliphatic heterocycles. The van der Waals surface area contributed by atoms with Gasteiger partial charge in [0.05, 0.1) is 0 Å². The molecule has 0 unspecified atom stereocenters. The fraction of sp³-hybridized carbons (Fsp3) is 0.833. The summed E-state index contributed by atoms with van der Waals surface area (Å²) in [5.41, 5.74) is 0.557. The Hall–Kier alpha value is -0.330. The highest BCUT2D eigenvalue weighted by atomic mass is 14.4. The van der Waals surface area contributed by atoms with Crippen LogP contribution in [0, 0.1) is 10.8 Å². The van der Waals surface area contributed by atoms with Gasteiger partial charge < -0.3 is 5.41 Å². The van der Waals surface area contributed by atoms with E-state index < -0.39 is 0 Å². The molecule has 0 bridgehead atoms. The molecule has 1 saturated carbocycles. The van der Waals surface area contributed by atoms with Crippen molar-refractivity contribution in [3.63, 3.8) is 0 Å². The molecule has 1 nitrogen and oxygen atoms in total. The lowest BCUT2D eigenvalue weighted by Crippen LogP contribution is -1.90. The van der Waals surface area contributed by atoms with Crippen LogP contribution < -0.4 is 0 Å². The van der Waals surface area contributed by atoms with Crippen molar-refractivity contribution >= 4 is 6.21 Å². The van der Waals surface area contributed by atoms with E-state index in [0.29, 0.717) is 5.41 Å². The van der Waals surface area contributed by atoms with Crippen molar-refractivity contribution in [2.24, 2.45) is 5.41 Å². The summed E-state index contributed by atoms with van der Waals surface area (Å²) in [6.45, 7) is 2.23. The van der Waals surface area contributed by atoms with Gasteiger partial charge in [0.1, 0.15) is 0 Å². The molecular weight excluding hydrogens is 86.1 g/mol. The van der Waals surface area contributed by atoms with Crippen LogP contribution in [-0.4, -0.2) is 6.21 Å². The molecule has 0 aromatic heterocycles. The van der Waals surface area contributed by atoms with E-state index >= 15 is 0 Å². The van der Waals surface area contributed by atoms with Crippen LogP contribution in [0.15, 0.2) is 0 Å². The van der Waals surface area contributed by atoms with E-state index in [1.54, 1.807) is 0 Å². The van der Waals surface area contributed by atoms with Crippen LogP contribution >= 0.6 is 0 Å². The zero-order valence-corrected chi connectivity index (χ0v) is 4.70. The molecular formula is C6H11N. The van der Waals surface area contributed by atoms with Gasteiger partial charge in [-0.25, -0.2) is 0 Å². The van der Waals surface area contributed by atoms with Crippen molar-refractivity contribution in [2.75, 3.05) is 0 Å². The Morgan fingerprint density at radius 1 is 1.71 bits per heavy atom. The summed E-state index contributed by atoms with van der Waals surface area (Å²) in [7, 11) is 0. The molecule has 0 radical (unpaired) electrons. The maximum atomic E-state index is 6.77. The molecule has 0 atom stereocenters. The number of rotatable bonds is 2. The number of nitrogens with one attached hydrogen (secondary N) is 1. The molecule has 1 N–H and O–H groups in total. The molecule has 1 heteroatoms. The first-order chi connectivity index (χ1) is 3.27. The fourth-order valence-corrected chi connectivity index (χ4v) is 0.664. The van der Waals surface area contributed by atoms with Crippen LogP contribution in [0.2, 0.25) is 0 Å². The third-order valence-electron chi connectivity index (χ3n) is 1.70. The summed E-state index contributed by atoms with van der Waals surface area (Å²) in [5, 5.41) is 6.77. The molecule has 1 fully saturated rings. The Bertz CT molecular complexity index is 82.2. The second-order valence-corrected chi connectivity index (χ2v) is 2.72. The van der Waals surface area contributed by atoms with E-state index in [-0.39, 0.29) is 0 Å². The lowest BCUT2D eigenvalue weighted by Gasteiger charge is -1.97. The van der Waals surface area contributed by atoms with Crippen molar-refractivity contribution < 1.29 is 0 Å². The van der Waals surface area contributed by atoms with Crippen LogP contribution in [0.25, 0.3) is 0 Å². The topological polar surface area (TPSA) is 23.9 Å². The SMILES string of the molecule is CC1(CC=N)CC1. The molecule has 0 aromatic carbocycles. The lowest BCUT2D eigenvalue weighted by molar-refractivity contribution is 0.608. The summed E-state index contributed by atoms with van der Waals surface area (Å²) in [6.07, 6.45) is 5.19. The molecule has 0 heterocycles. The molecule has 1 aliphatic rings. The van der Waals surface area contributed by atoms with Gasteiger partial charge in [0.15, 0.2) is 0 Å². The highest BCUT2D eigenvalue weighted by molar-refractivity contribution is 5.54. The summed E-state index contributed by atoms with van der Waals surface area (Å²) >= 11 is 0. The lowest BCUT2D eigenvalue weighted by atomic mass is 10.1. The predicted octanol–water partition coefficient (Wildman–Crippen LogP) is 1.83. The average molecular weight is 97.2 g/mol. The van der Waals surface area contributed by atoms with Gasteiger partial charge >= 0.3 is 0 Å². The van der Waals surface area contributed by atoms with Crippen molar-refractivity contribution in [2.45, 2.75) is 26.2 Å². The third kappa shape index (κ3) is 1.02. The average Bonchev–Trinajstić information content (AvgIpc) is 2.22. The molecule has 1 rings (SSSR count). The van der Waals surface area contributed by atoms with Crippen LogP contribution in [0.4, 0.5) is 0 Å². The van der Waals surface area contributed by atoms with E-state index in [4.69, 9.17) is 5.41 Å². The molecule has 0 saturated heterocycles. The number of hydrogen-bond acceptors (Lipinski definition) is 1. The van der Waals surface area contributed by atoms with Crippen LogP contribution in [0.5, 0.6) is 0 Å². The number of hydrogen-bond donors (Lipinski definition) is 1. The third-order valence-corrected chi connectivity index (χ3v) is 1.70. The Morgan fingerprint density at radius 2 is 2.29 bits per heavy atom. The van der Waals surface area contributed by atoms with Gasteiger partial charge in [-0.15, -0.1) is 0 Å². The van der Waals surface area contributed by atoms with E-state index in [2.05, 4.69) is 6.92 Å². The van der Waals surface area contributed by atoms with Gasteiger partial charge in [-0.3, -0.25) is 0 Å². The van der Waals surface area contributed by atoms with Crippen molar-refractivity contribution in [3.8, 4) is 0 Å². The van der Waals surface area contributed by atoms with Crippen LogP contribution in [0.1, 0.15) is 26.2 Å². The van der Waals surface area contributed by atoms with Gasteiger partial charge in [0, 0.05) is 0 Å². The Balaban J connectivity index is 2.25. The van der Waals surface area contributed by atoms with Gasteiger partial charge in [-0.05, 0) is 30.9 Å². The van der Waals surface area contributed by atoms with Gasteiger partial charge in [0.25, 0.3) is 0 Å². The molecule has 0 amide bonds. The predicted molar refractivity (Wildman–Crippen MR) is 30.7 cm³/mol. The van der Waals surface area contributed by atoms with Crippen LogP contribution in [-0.2, 0) is 0 Å². The normalized spacial score (nSPS) is 24.1. The van der Waals surface area contributed by atoms with Crippen molar-refractivity contribution in [1.29, 1.82) is 5.41 Å². The zero-order chi connectivity index (χ0) is 5.33. The maximum absolute atomic E-state index is 6.77. The minimum absolute atomic E-state index is 0.557. The monoisotopic (exact) mass is 97.1 g/mol. The largest absolute Gasteiger partial charge is 0.313 e. The minimum atomic E-state index is 0.557. The summed E-state index contributed by atoms with van der Waals surface area (Å²) in [4.78, 5) is 0. The highest BCUT2D eigenvalue weighted by Gasteiger charge is 2.35. The molecule has 0 aromatic rings. The Kier molecular flexibility index (Phi) is 0.911. The summed E-state index contributed by atoms with van der Waals surface area (Å²) in [6, 6.07) is 0. The first-order valence-electron chi connectivity index (χ1n) is 2.76. The molecule has 7 heavy (non-hydrogen) atoms. The molecule has 1 aliphatic carbocycles. The second kappa shape index (κ2) is 1.32. The Morgan fingerprint density at radius 3 is 2.43 bits per heavy atom. The zero-order valence-electron chi connectivity index (χ0n) is 4.70. The Labute approximate surface area is 44.2 Å². The van der Waals surface area contributed by atoms with Gasteiger partial charge in [-0.2, -0.15) is 0 Å². The van der Waals surface area contributed by atoms with Gasteiger partial charge in [-0.1, -0.05) is 6.92 Å². The van der Waals surface area contributed by atoms with E-state index in [9.17, 15) is 0 Å². The summed E-state index contributed by atoms with van der Waals surface area (Å²) in [5.74, 6) is 0. The first kappa shape index (κ1) is 4.82.